The molecule has 0 radical (unpaired) electrons. The number of nitrogens with one attached hydrogen (secondary N) is 1. The molecule has 0 saturated heterocycles. The second-order valence-corrected chi connectivity index (χ2v) is 5.92. The van der Waals surface area contributed by atoms with Crippen molar-refractivity contribution in [2.75, 3.05) is 12.5 Å². The van der Waals surface area contributed by atoms with E-state index in [1.54, 1.807) is 18.2 Å². The molecule has 1 aliphatic rings. The van der Waals surface area contributed by atoms with Crippen LogP contribution in [-0.2, 0) is 17.5 Å². The second-order valence-electron chi connectivity index (χ2n) is 4.98. The lowest BCUT2D eigenvalue weighted by Crippen LogP contribution is -2.24. The number of ether oxygens (including phenoxy) is 2. The number of hydrogen-bond donors (Lipinski definition) is 1. The summed E-state index contributed by atoms with van der Waals surface area (Å²) in [7, 11) is 0. The lowest BCUT2D eigenvalue weighted by Gasteiger charge is -2.07. The first kappa shape index (κ1) is 17.3. The molecular formula is C15H12F3N3O3S. The zero-order valence-electron chi connectivity index (χ0n) is 12.7. The van der Waals surface area contributed by atoms with Gasteiger partial charge in [-0.05, 0) is 23.8 Å². The third kappa shape index (κ3) is 4.53. The Hall–Kier alpha value is -2.49. The van der Waals surface area contributed by atoms with Gasteiger partial charge in [0.25, 0.3) is 0 Å². The number of benzene rings is 1. The van der Waals surface area contributed by atoms with E-state index in [-0.39, 0.29) is 30.2 Å². The molecule has 0 aliphatic carbocycles. The van der Waals surface area contributed by atoms with Crippen LogP contribution in [0.2, 0.25) is 0 Å². The van der Waals surface area contributed by atoms with Gasteiger partial charge in [-0.2, -0.15) is 13.2 Å². The third-order valence-corrected chi connectivity index (χ3v) is 4.04. The molecule has 10 heteroatoms. The van der Waals surface area contributed by atoms with Crippen molar-refractivity contribution < 1.29 is 27.4 Å². The molecule has 0 atom stereocenters. The number of hydrogen-bond acceptors (Lipinski definition) is 6. The number of nitrogens with zero attached hydrogens (tertiary/aromatic N) is 2. The first-order chi connectivity index (χ1) is 11.9. The van der Waals surface area contributed by atoms with E-state index in [9.17, 15) is 18.0 Å². The molecule has 0 spiro atoms. The summed E-state index contributed by atoms with van der Waals surface area (Å²) < 4.78 is 48.2. The summed E-state index contributed by atoms with van der Waals surface area (Å²) in [5.74, 6) is 0.820. The quantitative estimate of drug-likeness (QED) is 0.644. The second kappa shape index (κ2) is 7.18. The number of alkyl halides is 3. The van der Waals surface area contributed by atoms with Crippen molar-refractivity contribution >= 4 is 17.7 Å². The van der Waals surface area contributed by atoms with E-state index in [0.29, 0.717) is 11.5 Å². The van der Waals surface area contributed by atoms with Crippen molar-refractivity contribution in [1.82, 2.24) is 15.3 Å². The predicted octanol–water partition coefficient (Wildman–Crippen LogP) is 2.63. The first-order valence-electron chi connectivity index (χ1n) is 7.10. The van der Waals surface area contributed by atoms with E-state index in [4.69, 9.17) is 9.47 Å². The van der Waals surface area contributed by atoms with E-state index in [1.165, 1.54) is 0 Å². The Morgan fingerprint density at radius 2 is 2.04 bits per heavy atom. The topological polar surface area (TPSA) is 73.3 Å². The molecule has 25 heavy (non-hydrogen) atoms. The van der Waals surface area contributed by atoms with Crippen LogP contribution < -0.4 is 14.8 Å². The van der Waals surface area contributed by atoms with E-state index >= 15 is 0 Å². The van der Waals surface area contributed by atoms with E-state index in [2.05, 4.69) is 15.3 Å². The molecule has 0 saturated carbocycles. The van der Waals surface area contributed by atoms with Crippen molar-refractivity contribution in [2.24, 2.45) is 0 Å². The Labute approximate surface area is 144 Å². The number of rotatable bonds is 5. The number of amides is 1. The van der Waals surface area contributed by atoms with Crippen LogP contribution in [0.4, 0.5) is 13.2 Å². The van der Waals surface area contributed by atoms with Crippen LogP contribution in [0.15, 0.2) is 35.6 Å². The van der Waals surface area contributed by atoms with Crippen LogP contribution in [0.25, 0.3) is 0 Å². The molecule has 1 N–H and O–H groups in total. The molecule has 0 unspecified atom stereocenters. The van der Waals surface area contributed by atoms with Gasteiger partial charge < -0.3 is 14.8 Å². The van der Waals surface area contributed by atoms with Crippen LogP contribution in [0.1, 0.15) is 11.3 Å². The minimum Gasteiger partial charge on any atom is -0.454 e. The van der Waals surface area contributed by atoms with Crippen molar-refractivity contribution in [3.8, 4) is 11.5 Å². The molecule has 132 valence electrons. The number of halogens is 3. The number of thioether (sulfide) groups is 1. The van der Waals surface area contributed by atoms with E-state index in [0.717, 1.165) is 29.6 Å². The molecule has 1 aliphatic heterocycles. The van der Waals surface area contributed by atoms with Gasteiger partial charge in [-0.1, -0.05) is 17.8 Å². The summed E-state index contributed by atoms with van der Waals surface area (Å²) in [6.07, 6.45) is -3.53. The smallest absolute Gasteiger partial charge is 0.433 e. The van der Waals surface area contributed by atoms with Crippen LogP contribution in [0.3, 0.4) is 0 Å². The normalized spacial score (nSPS) is 12.9. The molecule has 1 amide bonds. The van der Waals surface area contributed by atoms with Crippen LogP contribution in [0, 0.1) is 0 Å². The number of aromatic nitrogens is 2. The monoisotopic (exact) mass is 371 g/mol. The highest BCUT2D eigenvalue weighted by atomic mass is 32.2. The molecule has 0 bridgehead atoms. The Bertz CT molecular complexity index is 786. The van der Waals surface area contributed by atoms with Crippen molar-refractivity contribution in [3.63, 3.8) is 0 Å². The summed E-state index contributed by atoms with van der Waals surface area (Å²) in [4.78, 5) is 19.0. The van der Waals surface area contributed by atoms with Gasteiger partial charge >= 0.3 is 6.18 Å². The molecule has 2 aromatic rings. The summed E-state index contributed by atoms with van der Waals surface area (Å²) in [6, 6.07) is 6.07. The van der Waals surface area contributed by atoms with Gasteiger partial charge in [0.05, 0.1) is 5.75 Å². The summed E-state index contributed by atoms with van der Waals surface area (Å²) in [5, 5.41) is 2.57. The predicted molar refractivity (Wildman–Crippen MR) is 82.2 cm³/mol. The fourth-order valence-corrected chi connectivity index (χ4v) is 2.66. The molecule has 2 heterocycles. The van der Waals surface area contributed by atoms with Gasteiger partial charge in [0.1, 0.15) is 5.69 Å². The molecule has 0 fully saturated rings. The number of carbonyl (C=O) groups excluding carboxylic acids is 1. The standard InChI is InChI=1S/C15H12F3N3O3S/c16-15(17,18)12-3-4-19-14(21-12)25-7-13(22)20-6-9-1-2-10-11(5-9)24-8-23-10/h1-5H,6-8H2,(H,20,22). The van der Waals surface area contributed by atoms with Crippen LogP contribution in [0.5, 0.6) is 11.5 Å². The largest absolute Gasteiger partial charge is 0.454 e. The molecule has 6 nitrogen and oxygen atoms in total. The van der Waals surface area contributed by atoms with E-state index in [1.807, 2.05) is 0 Å². The summed E-state index contributed by atoms with van der Waals surface area (Å²) in [6.45, 7) is 0.429. The van der Waals surface area contributed by atoms with Gasteiger partial charge in [0.15, 0.2) is 16.7 Å². The maximum atomic E-state index is 12.6. The highest BCUT2D eigenvalue weighted by Gasteiger charge is 2.32. The molecular weight excluding hydrogens is 359 g/mol. The SMILES string of the molecule is O=C(CSc1nccc(C(F)(F)F)n1)NCc1ccc2c(c1)OCO2. The Morgan fingerprint density at radius 1 is 1.24 bits per heavy atom. The highest BCUT2D eigenvalue weighted by Crippen LogP contribution is 2.32. The maximum Gasteiger partial charge on any atom is 0.433 e. The Morgan fingerprint density at radius 3 is 2.84 bits per heavy atom. The number of fused-ring (bicyclic) bond motifs is 1. The molecule has 3 rings (SSSR count). The van der Waals surface area contributed by atoms with Gasteiger partial charge in [-0.3, -0.25) is 4.79 Å². The minimum atomic E-state index is -4.54. The van der Waals surface area contributed by atoms with Crippen LogP contribution in [-0.4, -0.2) is 28.4 Å². The van der Waals surface area contributed by atoms with Gasteiger partial charge in [-0.15, -0.1) is 0 Å². The average Bonchev–Trinajstić information content (AvgIpc) is 3.05. The van der Waals surface area contributed by atoms with Gasteiger partial charge in [0, 0.05) is 12.7 Å². The summed E-state index contributed by atoms with van der Waals surface area (Å²) in [5.41, 5.74) is -0.219. The summed E-state index contributed by atoms with van der Waals surface area (Å²) >= 11 is 0.835. The van der Waals surface area contributed by atoms with Gasteiger partial charge in [-0.25, -0.2) is 9.97 Å². The Kier molecular flexibility index (Phi) is 4.98. The highest BCUT2D eigenvalue weighted by molar-refractivity contribution is 7.99. The van der Waals surface area contributed by atoms with Gasteiger partial charge in [0.2, 0.25) is 12.7 Å². The Balaban J connectivity index is 1.50. The zero-order chi connectivity index (χ0) is 17.9. The average molecular weight is 371 g/mol. The molecule has 1 aromatic carbocycles. The zero-order valence-corrected chi connectivity index (χ0v) is 13.5. The van der Waals surface area contributed by atoms with Crippen molar-refractivity contribution in [3.05, 3.63) is 41.7 Å². The number of carbonyl (C=O) groups is 1. The van der Waals surface area contributed by atoms with Crippen molar-refractivity contribution in [1.29, 1.82) is 0 Å². The van der Waals surface area contributed by atoms with Crippen LogP contribution >= 0.6 is 11.8 Å². The first-order valence-corrected chi connectivity index (χ1v) is 8.08. The van der Waals surface area contributed by atoms with Crippen molar-refractivity contribution in [2.45, 2.75) is 17.9 Å². The lowest BCUT2D eigenvalue weighted by atomic mass is 10.2. The fourth-order valence-electron chi connectivity index (χ4n) is 2.00. The van der Waals surface area contributed by atoms with E-state index < -0.39 is 11.9 Å². The third-order valence-electron chi connectivity index (χ3n) is 3.18. The fraction of sp³-hybridized carbons (Fsp3) is 0.267. The minimum absolute atomic E-state index is 0.0914. The maximum absolute atomic E-state index is 12.6. The lowest BCUT2D eigenvalue weighted by molar-refractivity contribution is -0.141. The molecule has 1 aromatic heterocycles.